The van der Waals surface area contributed by atoms with Gasteiger partial charge in [0, 0.05) is 48.8 Å². The van der Waals surface area contributed by atoms with Crippen molar-refractivity contribution in [3.8, 4) is 0 Å². The standard InChI is InChI=1S/C33H41N7O5/c1-3-27-30(35-22-41)29(24-11-13-26(14-12-24)40(44)45)31(28(4-2)36-27)38(23-42)18-8-17-37-19-15-33(16-20-37)32(43)34-21-39(33)25-9-6-5-7-10-25/h5-7,9-14,22-23,29,36H,3-4,8,15-21H2,1-2H3,(H,34,43)(H,35,41)/t29-/m0/s1. The molecule has 3 amide bonds. The molecule has 0 saturated carbocycles. The first-order chi connectivity index (χ1) is 21.9. The van der Waals surface area contributed by atoms with Crippen LogP contribution in [0, 0.1) is 10.1 Å². The Morgan fingerprint density at radius 3 is 2.33 bits per heavy atom. The maximum absolute atomic E-state index is 13.0. The molecule has 0 unspecified atom stereocenters. The van der Waals surface area contributed by atoms with Gasteiger partial charge in [0.05, 0.1) is 28.9 Å². The zero-order valence-electron chi connectivity index (χ0n) is 25.8. The number of benzene rings is 2. The Labute approximate surface area is 263 Å². The van der Waals surface area contributed by atoms with Crippen molar-refractivity contribution in [2.75, 3.05) is 37.7 Å². The van der Waals surface area contributed by atoms with Crippen LogP contribution >= 0.6 is 0 Å². The van der Waals surface area contributed by atoms with Gasteiger partial charge in [-0.3, -0.25) is 24.5 Å². The molecular formula is C33H41N7O5. The second-order valence-electron chi connectivity index (χ2n) is 11.6. The number of hydrogen-bond donors (Lipinski definition) is 3. The van der Waals surface area contributed by atoms with E-state index in [4.69, 9.17) is 0 Å². The van der Waals surface area contributed by atoms with Crippen LogP contribution in [0.2, 0.25) is 0 Å². The second kappa shape index (κ2) is 13.9. The van der Waals surface area contributed by atoms with Gasteiger partial charge >= 0.3 is 0 Å². The molecule has 3 aliphatic rings. The lowest BCUT2D eigenvalue weighted by atomic mass is 9.85. The molecule has 3 aliphatic heterocycles. The fourth-order valence-corrected chi connectivity index (χ4v) is 6.91. The second-order valence-corrected chi connectivity index (χ2v) is 11.6. The monoisotopic (exact) mass is 615 g/mol. The highest BCUT2D eigenvalue weighted by molar-refractivity contribution is 5.93. The number of likely N-dealkylation sites (tertiary alicyclic amines) is 1. The summed E-state index contributed by atoms with van der Waals surface area (Å²) in [7, 11) is 0. The molecule has 12 nitrogen and oxygen atoms in total. The highest BCUT2D eigenvalue weighted by atomic mass is 16.6. The average Bonchev–Trinajstić information content (AvgIpc) is 3.38. The predicted molar refractivity (Wildman–Crippen MR) is 171 cm³/mol. The van der Waals surface area contributed by atoms with E-state index in [1.165, 1.54) is 12.1 Å². The summed E-state index contributed by atoms with van der Waals surface area (Å²) in [5.41, 5.74) is 4.25. The summed E-state index contributed by atoms with van der Waals surface area (Å²) in [6, 6.07) is 16.3. The van der Waals surface area contributed by atoms with Crippen molar-refractivity contribution < 1.29 is 19.3 Å². The molecule has 12 heteroatoms. The van der Waals surface area contributed by atoms with Crippen molar-refractivity contribution in [3.05, 3.63) is 93.1 Å². The molecule has 0 bridgehead atoms. The van der Waals surface area contributed by atoms with Gasteiger partial charge in [-0.1, -0.05) is 44.2 Å². The van der Waals surface area contributed by atoms with Gasteiger partial charge < -0.3 is 30.7 Å². The molecule has 2 fully saturated rings. The number of carbonyl (C=O) groups is 3. The SMILES string of the molecule is CCC1=C(NC=O)[C@H](c2ccc([N+](=O)[O-])cc2)C(N(C=O)CCCN2CCC3(CC2)C(=O)NCN3c2ccccc2)=C(CC)N1. The molecule has 0 radical (unpaired) electrons. The van der Waals surface area contributed by atoms with Crippen LogP contribution < -0.4 is 20.9 Å². The number of nitrogens with zero attached hydrogens (tertiary/aromatic N) is 4. The lowest BCUT2D eigenvalue weighted by molar-refractivity contribution is -0.384. The van der Waals surface area contributed by atoms with Crippen LogP contribution in [-0.4, -0.2) is 71.8 Å². The van der Waals surface area contributed by atoms with Crippen LogP contribution in [0.4, 0.5) is 11.4 Å². The minimum absolute atomic E-state index is 0.0314. The summed E-state index contributed by atoms with van der Waals surface area (Å²) in [5.74, 6) is -0.412. The van der Waals surface area contributed by atoms with E-state index < -0.39 is 16.4 Å². The number of piperidine rings is 1. The van der Waals surface area contributed by atoms with Crippen LogP contribution in [0.25, 0.3) is 0 Å². The molecule has 0 aromatic heterocycles. The first-order valence-electron chi connectivity index (χ1n) is 15.6. The molecule has 1 spiro atoms. The van der Waals surface area contributed by atoms with Crippen LogP contribution in [-0.2, 0) is 14.4 Å². The third kappa shape index (κ3) is 6.28. The molecule has 238 valence electrons. The normalized spacial score (nSPS) is 19.7. The van der Waals surface area contributed by atoms with Gasteiger partial charge in [-0.05, 0) is 56.3 Å². The molecule has 0 aliphatic carbocycles. The number of nitro groups is 1. The number of allylic oxidation sites excluding steroid dienone is 2. The van der Waals surface area contributed by atoms with Crippen LogP contribution in [0.1, 0.15) is 57.4 Å². The zero-order chi connectivity index (χ0) is 32.0. The van der Waals surface area contributed by atoms with Crippen molar-refractivity contribution in [1.82, 2.24) is 25.8 Å². The van der Waals surface area contributed by atoms with Crippen molar-refractivity contribution in [2.45, 2.75) is 57.4 Å². The summed E-state index contributed by atoms with van der Waals surface area (Å²) >= 11 is 0. The third-order valence-electron chi connectivity index (χ3n) is 9.26. The minimum Gasteiger partial charge on any atom is -0.359 e. The zero-order valence-corrected chi connectivity index (χ0v) is 25.8. The van der Waals surface area contributed by atoms with Gasteiger partial charge in [-0.15, -0.1) is 0 Å². The number of carbonyl (C=O) groups excluding carboxylic acids is 3. The summed E-state index contributed by atoms with van der Waals surface area (Å²) in [5, 5.41) is 20.7. The first-order valence-corrected chi connectivity index (χ1v) is 15.6. The van der Waals surface area contributed by atoms with E-state index in [2.05, 4.69) is 25.8 Å². The highest BCUT2D eigenvalue weighted by Crippen LogP contribution is 2.40. The molecule has 5 rings (SSSR count). The van der Waals surface area contributed by atoms with Crippen molar-refractivity contribution in [1.29, 1.82) is 0 Å². The highest BCUT2D eigenvalue weighted by Gasteiger charge is 2.50. The summed E-state index contributed by atoms with van der Waals surface area (Å²) in [6.07, 6.45) is 4.82. The molecular weight excluding hydrogens is 574 g/mol. The number of nitrogens with one attached hydrogen (secondary N) is 3. The molecule has 2 aromatic carbocycles. The number of nitro benzene ring substituents is 1. The third-order valence-corrected chi connectivity index (χ3v) is 9.26. The summed E-state index contributed by atoms with van der Waals surface area (Å²) in [4.78, 5) is 54.5. The number of non-ortho nitro benzene ring substituents is 1. The Kier molecular flexibility index (Phi) is 9.82. The average molecular weight is 616 g/mol. The van der Waals surface area contributed by atoms with E-state index in [-0.39, 0.29) is 11.6 Å². The molecule has 1 atom stereocenters. The van der Waals surface area contributed by atoms with Crippen molar-refractivity contribution >= 4 is 30.1 Å². The van der Waals surface area contributed by atoms with Crippen molar-refractivity contribution in [3.63, 3.8) is 0 Å². The van der Waals surface area contributed by atoms with E-state index in [9.17, 15) is 24.5 Å². The Morgan fingerprint density at radius 2 is 1.73 bits per heavy atom. The number of rotatable bonds is 13. The smallest absolute Gasteiger partial charge is 0.269 e. The lowest BCUT2D eigenvalue weighted by Crippen LogP contribution is -2.56. The number of hydrogen-bond acceptors (Lipinski definition) is 8. The molecule has 2 aromatic rings. The summed E-state index contributed by atoms with van der Waals surface area (Å²) in [6.45, 7) is 7.23. The van der Waals surface area contributed by atoms with E-state index >= 15 is 0 Å². The molecule has 3 heterocycles. The number of para-hydroxylation sites is 1. The molecule has 45 heavy (non-hydrogen) atoms. The Morgan fingerprint density at radius 1 is 1.04 bits per heavy atom. The Hall–Kier alpha value is -4.71. The van der Waals surface area contributed by atoms with Gasteiger partial charge in [0.25, 0.3) is 5.69 Å². The largest absolute Gasteiger partial charge is 0.359 e. The minimum atomic E-state index is -0.551. The Bertz CT molecular complexity index is 1470. The number of anilines is 1. The fourth-order valence-electron chi connectivity index (χ4n) is 6.91. The maximum Gasteiger partial charge on any atom is 0.269 e. The predicted octanol–water partition coefficient (Wildman–Crippen LogP) is 3.55. The van der Waals surface area contributed by atoms with Gasteiger partial charge in [-0.25, -0.2) is 0 Å². The van der Waals surface area contributed by atoms with E-state index in [0.29, 0.717) is 57.4 Å². The first kappa shape index (κ1) is 31.7. The molecule has 2 saturated heterocycles. The Balaban J connectivity index is 1.31. The van der Waals surface area contributed by atoms with Gasteiger partial charge in [-0.2, -0.15) is 0 Å². The lowest BCUT2D eigenvalue weighted by Gasteiger charge is -2.43. The van der Waals surface area contributed by atoms with Crippen LogP contribution in [0.5, 0.6) is 0 Å². The molecule has 3 N–H and O–H groups in total. The number of dihydropyridines is 1. The topological polar surface area (TPSA) is 140 Å². The maximum atomic E-state index is 13.0. The van der Waals surface area contributed by atoms with Gasteiger partial charge in [0.1, 0.15) is 5.54 Å². The van der Waals surface area contributed by atoms with Gasteiger partial charge in [0.2, 0.25) is 18.7 Å². The summed E-state index contributed by atoms with van der Waals surface area (Å²) < 4.78 is 0. The van der Waals surface area contributed by atoms with Gasteiger partial charge in [0.15, 0.2) is 0 Å². The van der Waals surface area contributed by atoms with E-state index in [0.717, 1.165) is 54.4 Å². The fraction of sp³-hybridized carbons (Fsp3) is 0.424. The van der Waals surface area contributed by atoms with E-state index in [1.54, 1.807) is 17.0 Å². The van der Waals surface area contributed by atoms with Crippen LogP contribution in [0.3, 0.4) is 0 Å². The van der Waals surface area contributed by atoms with Crippen LogP contribution in [0.15, 0.2) is 77.4 Å². The van der Waals surface area contributed by atoms with E-state index in [1.807, 2.05) is 44.2 Å². The van der Waals surface area contributed by atoms with Crippen molar-refractivity contribution in [2.24, 2.45) is 0 Å². The number of amides is 3. The quantitative estimate of drug-likeness (QED) is 0.177.